The number of rotatable bonds is 4. The molecule has 1 aromatic carbocycles. The number of nitrogens with one attached hydrogen (secondary N) is 1. The van der Waals surface area contributed by atoms with Gasteiger partial charge in [0.05, 0.1) is 17.2 Å². The van der Waals surface area contributed by atoms with E-state index >= 15 is 0 Å². The Kier molecular flexibility index (Phi) is 4.28. The summed E-state index contributed by atoms with van der Waals surface area (Å²) in [5.41, 5.74) is 1.80. The molecule has 0 aliphatic heterocycles. The number of anilines is 1. The Morgan fingerprint density at radius 3 is 2.65 bits per heavy atom. The van der Waals surface area contributed by atoms with E-state index in [0.29, 0.717) is 17.7 Å². The van der Waals surface area contributed by atoms with Gasteiger partial charge in [-0.1, -0.05) is 23.7 Å². The van der Waals surface area contributed by atoms with Crippen LogP contribution in [-0.4, -0.2) is 16.3 Å². The van der Waals surface area contributed by atoms with Crippen LogP contribution in [0.1, 0.15) is 34.5 Å². The molecule has 1 unspecified atom stereocenters. The Morgan fingerprint density at radius 1 is 1.35 bits per heavy atom. The summed E-state index contributed by atoms with van der Waals surface area (Å²) in [5, 5.41) is 12.0. The highest BCUT2D eigenvalue weighted by Gasteiger charge is 2.12. The molecule has 0 saturated carbocycles. The zero-order chi connectivity index (χ0) is 14.5. The van der Waals surface area contributed by atoms with Gasteiger partial charge in [-0.05, 0) is 24.6 Å². The fraction of sp³-hybridized carbons (Fsp3) is 0.143. The molecule has 0 spiro atoms. The van der Waals surface area contributed by atoms with Crippen molar-refractivity contribution in [3.05, 3.63) is 52.4 Å². The summed E-state index contributed by atoms with van der Waals surface area (Å²) < 4.78 is 0. The lowest BCUT2D eigenvalue weighted by atomic mass is 10.1. The van der Waals surface area contributed by atoms with Crippen molar-refractivity contribution in [1.29, 1.82) is 5.26 Å². The van der Waals surface area contributed by atoms with Crippen LogP contribution in [0, 0.1) is 11.3 Å². The van der Waals surface area contributed by atoms with Crippen molar-refractivity contribution in [1.82, 2.24) is 9.97 Å². The highest BCUT2D eigenvalue weighted by Crippen LogP contribution is 2.23. The fourth-order valence-corrected chi connectivity index (χ4v) is 1.91. The zero-order valence-corrected chi connectivity index (χ0v) is 11.4. The summed E-state index contributed by atoms with van der Waals surface area (Å²) in [6.07, 6.45) is 1.92. The average Bonchev–Trinajstić information content (AvgIpc) is 2.47. The Hall–Kier alpha value is -2.45. The number of carbonyl (C=O) groups excluding carboxylic acids is 1. The SMILES string of the molecule is CC(Nc1ncnc(Cl)c1C=O)c1ccc(C#N)cc1. The molecule has 1 atom stereocenters. The van der Waals surface area contributed by atoms with Gasteiger partial charge in [0.1, 0.15) is 17.3 Å². The first-order valence-corrected chi connectivity index (χ1v) is 6.25. The lowest BCUT2D eigenvalue weighted by molar-refractivity contribution is 0.112. The van der Waals surface area contributed by atoms with E-state index in [2.05, 4.69) is 21.4 Å². The maximum Gasteiger partial charge on any atom is 0.156 e. The molecule has 0 bridgehead atoms. The van der Waals surface area contributed by atoms with Crippen LogP contribution in [0.4, 0.5) is 5.82 Å². The van der Waals surface area contributed by atoms with Crippen molar-refractivity contribution in [3.8, 4) is 6.07 Å². The van der Waals surface area contributed by atoms with Crippen LogP contribution >= 0.6 is 11.6 Å². The van der Waals surface area contributed by atoms with Gasteiger partial charge < -0.3 is 5.32 Å². The summed E-state index contributed by atoms with van der Waals surface area (Å²) in [5.74, 6) is 0.386. The van der Waals surface area contributed by atoms with Crippen LogP contribution < -0.4 is 5.32 Å². The zero-order valence-electron chi connectivity index (χ0n) is 10.7. The quantitative estimate of drug-likeness (QED) is 0.690. The van der Waals surface area contributed by atoms with Gasteiger partial charge in [0, 0.05) is 6.04 Å². The fourth-order valence-electron chi connectivity index (χ4n) is 1.73. The number of hydrogen-bond acceptors (Lipinski definition) is 5. The number of nitrogens with zero attached hydrogens (tertiary/aromatic N) is 3. The third-order valence-corrected chi connectivity index (χ3v) is 3.15. The largest absolute Gasteiger partial charge is 0.363 e. The summed E-state index contributed by atoms with van der Waals surface area (Å²) in [7, 11) is 0. The molecule has 100 valence electrons. The van der Waals surface area contributed by atoms with Crippen LogP contribution in [0.25, 0.3) is 0 Å². The summed E-state index contributed by atoms with van der Waals surface area (Å²) in [6.45, 7) is 1.92. The molecule has 0 amide bonds. The lowest BCUT2D eigenvalue weighted by Crippen LogP contribution is -2.10. The predicted molar refractivity (Wildman–Crippen MR) is 75.6 cm³/mol. The number of benzene rings is 1. The van der Waals surface area contributed by atoms with Crippen LogP contribution in [0.2, 0.25) is 5.15 Å². The molecule has 1 heterocycles. The predicted octanol–water partition coefficient (Wildman–Crippen LogP) is 2.99. The number of hydrogen-bond donors (Lipinski definition) is 1. The third-order valence-electron chi connectivity index (χ3n) is 2.85. The number of carbonyl (C=O) groups is 1. The van der Waals surface area contributed by atoms with Gasteiger partial charge in [-0.15, -0.1) is 0 Å². The second kappa shape index (κ2) is 6.13. The van der Waals surface area contributed by atoms with Crippen LogP contribution in [0.5, 0.6) is 0 Å². The molecule has 2 rings (SSSR count). The minimum atomic E-state index is -0.0904. The Labute approximate surface area is 121 Å². The van der Waals surface area contributed by atoms with E-state index in [1.54, 1.807) is 12.1 Å². The van der Waals surface area contributed by atoms with E-state index in [1.165, 1.54) is 6.33 Å². The average molecular weight is 287 g/mol. The molecular weight excluding hydrogens is 276 g/mol. The second-order valence-corrected chi connectivity index (χ2v) is 4.50. The van der Waals surface area contributed by atoms with Gasteiger partial charge in [-0.3, -0.25) is 4.79 Å². The first-order valence-electron chi connectivity index (χ1n) is 5.88. The summed E-state index contributed by atoms with van der Waals surface area (Å²) in [6, 6.07) is 9.14. The molecule has 0 radical (unpaired) electrons. The minimum absolute atomic E-state index is 0.0904. The Morgan fingerprint density at radius 2 is 2.05 bits per heavy atom. The van der Waals surface area contributed by atoms with Crippen molar-refractivity contribution >= 4 is 23.7 Å². The van der Waals surface area contributed by atoms with Gasteiger partial charge in [-0.25, -0.2) is 9.97 Å². The standard InChI is InChI=1S/C14H11ClN4O/c1-9(11-4-2-10(6-16)3-5-11)19-14-12(7-20)13(15)17-8-18-14/h2-5,7-9H,1H3,(H,17,18,19). The molecule has 5 nitrogen and oxygen atoms in total. The normalized spacial score (nSPS) is 11.4. The number of aromatic nitrogens is 2. The van der Waals surface area contributed by atoms with Crippen molar-refractivity contribution in [2.75, 3.05) is 5.32 Å². The number of halogens is 1. The molecule has 0 aliphatic rings. The van der Waals surface area contributed by atoms with E-state index in [4.69, 9.17) is 16.9 Å². The van der Waals surface area contributed by atoms with Crippen LogP contribution in [0.3, 0.4) is 0 Å². The highest BCUT2D eigenvalue weighted by atomic mass is 35.5. The molecule has 1 N–H and O–H groups in total. The summed E-state index contributed by atoms with van der Waals surface area (Å²) in [4.78, 5) is 18.8. The van der Waals surface area contributed by atoms with Gasteiger partial charge >= 0.3 is 0 Å². The van der Waals surface area contributed by atoms with Crippen molar-refractivity contribution < 1.29 is 4.79 Å². The lowest BCUT2D eigenvalue weighted by Gasteiger charge is -2.16. The van der Waals surface area contributed by atoms with E-state index in [0.717, 1.165) is 5.56 Å². The molecule has 0 fully saturated rings. The third kappa shape index (κ3) is 2.92. The monoisotopic (exact) mass is 286 g/mol. The molecule has 0 aliphatic carbocycles. The Balaban J connectivity index is 2.23. The first kappa shape index (κ1) is 14.0. The maximum atomic E-state index is 11.0. The summed E-state index contributed by atoms with van der Waals surface area (Å²) >= 11 is 5.84. The molecular formula is C14H11ClN4O. The van der Waals surface area contributed by atoms with E-state index in [-0.39, 0.29) is 16.8 Å². The molecule has 2 aromatic rings. The van der Waals surface area contributed by atoms with Crippen LogP contribution in [-0.2, 0) is 0 Å². The number of nitriles is 1. The highest BCUT2D eigenvalue weighted by molar-refractivity contribution is 6.32. The van der Waals surface area contributed by atoms with Gasteiger partial charge in [-0.2, -0.15) is 5.26 Å². The Bertz CT molecular complexity index is 664. The smallest absolute Gasteiger partial charge is 0.156 e. The molecule has 20 heavy (non-hydrogen) atoms. The van der Waals surface area contributed by atoms with Crippen molar-refractivity contribution in [2.24, 2.45) is 0 Å². The maximum absolute atomic E-state index is 11.0. The first-order chi connectivity index (χ1) is 9.65. The van der Waals surface area contributed by atoms with Gasteiger partial charge in [0.2, 0.25) is 0 Å². The molecule has 6 heteroatoms. The van der Waals surface area contributed by atoms with E-state index < -0.39 is 0 Å². The van der Waals surface area contributed by atoms with Crippen molar-refractivity contribution in [3.63, 3.8) is 0 Å². The van der Waals surface area contributed by atoms with Gasteiger partial charge in [0.15, 0.2) is 6.29 Å². The number of aldehydes is 1. The molecule has 0 saturated heterocycles. The topological polar surface area (TPSA) is 78.7 Å². The van der Waals surface area contributed by atoms with Gasteiger partial charge in [0.25, 0.3) is 0 Å². The molecule has 1 aromatic heterocycles. The second-order valence-electron chi connectivity index (χ2n) is 4.14. The van der Waals surface area contributed by atoms with Crippen LogP contribution in [0.15, 0.2) is 30.6 Å². The van der Waals surface area contributed by atoms with E-state index in [9.17, 15) is 4.79 Å². The van der Waals surface area contributed by atoms with E-state index in [1.807, 2.05) is 19.1 Å². The minimum Gasteiger partial charge on any atom is -0.363 e. The van der Waals surface area contributed by atoms with Crippen molar-refractivity contribution in [2.45, 2.75) is 13.0 Å².